The summed E-state index contributed by atoms with van der Waals surface area (Å²) in [6.07, 6.45) is -2.20. The van der Waals surface area contributed by atoms with Crippen molar-refractivity contribution in [3.63, 3.8) is 0 Å². The average Bonchev–Trinajstić information content (AvgIpc) is 1.95. The van der Waals surface area contributed by atoms with Gasteiger partial charge >= 0.3 is 0 Å². The molecule has 0 aliphatic carbocycles. The molecule has 0 aromatic carbocycles. The van der Waals surface area contributed by atoms with Gasteiger partial charge in [0, 0.05) is 0 Å². The molecule has 4 nitrogen and oxygen atoms in total. The fraction of sp³-hybridized carbons (Fsp3) is 1.00. The largest absolute Gasteiger partial charge is 0.388 e. The molecular formula is C5H11BO4. The highest BCUT2D eigenvalue weighted by molar-refractivity contribution is 6.11. The Morgan fingerprint density at radius 3 is 2.10 bits per heavy atom. The topological polar surface area (TPSA) is 69.9 Å². The van der Waals surface area contributed by atoms with Crippen molar-refractivity contribution in [3.8, 4) is 0 Å². The SMILES string of the molecule is B[C@@H]1O[C@](C)(O)[C@@H](O)[C@H]1O. The molecular weight excluding hydrogens is 135 g/mol. The Hall–Kier alpha value is -0.0951. The van der Waals surface area contributed by atoms with Crippen LogP contribution in [0.2, 0.25) is 0 Å². The molecule has 1 aliphatic rings. The zero-order valence-corrected chi connectivity index (χ0v) is 5.98. The van der Waals surface area contributed by atoms with Crippen molar-refractivity contribution >= 4 is 7.85 Å². The van der Waals surface area contributed by atoms with E-state index in [1.165, 1.54) is 6.92 Å². The fourth-order valence-electron chi connectivity index (χ4n) is 1.09. The highest BCUT2D eigenvalue weighted by Gasteiger charge is 2.47. The summed E-state index contributed by atoms with van der Waals surface area (Å²) in [7, 11) is 1.59. The Bertz CT molecular complexity index is 138. The second kappa shape index (κ2) is 2.20. The van der Waals surface area contributed by atoms with Gasteiger partial charge in [-0.1, -0.05) is 0 Å². The van der Waals surface area contributed by atoms with Crippen LogP contribution in [0.1, 0.15) is 6.92 Å². The molecule has 0 aromatic heterocycles. The average molecular weight is 146 g/mol. The highest BCUT2D eigenvalue weighted by Crippen LogP contribution is 2.26. The van der Waals surface area contributed by atoms with Crippen LogP contribution in [0.15, 0.2) is 0 Å². The summed E-state index contributed by atoms with van der Waals surface area (Å²) in [5.74, 6) is -1.60. The van der Waals surface area contributed by atoms with Crippen molar-refractivity contribution in [1.29, 1.82) is 0 Å². The number of rotatable bonds is 0. The van der Waals surface area contributed by atoms with Gasteiger partial charge < -0.3 is 20.1 Å². The predicted octanol–water partition coefficient (Wildman–Crippen LogP) is -2.59. The van der Waals surface area contributed by atoms with Crippen LogP contribution in [0.25, 0.3) is 0 Å². The molecule has 10 heavy (non-hydrogen) atoms. The van der Waals surface area contributed by atoms with Crippen molar-refractivity contribution in [2.24, 2.45) is 0 Å². The Kier molecular flexibility index (Phi) is 1.76. The third-order valence-electron chi connectivity index (χ3n) is 1.78. The smallest absolute Gasteiger partial charge is 0.191 e. The molecule has 0 spiro atoms. The first kappa shape index (κ1) is 8.01. The lowest BCUT2D eigenvalue weighted by Crippen LogP contribution is -2.40. The lowest BCUT2D eigenvalue weighted by atomic mass is 9.93. The molecule has 0 saturated carbocycles. The van der Waals surface area contributed by atoms with Crippen molar-refractivity contribution in [2.75, 3.05) is 0 Å². The van der Waals surface area contributed by atoms with Gasteiger partial charge in [0.05, 0.1) is 6.00 Å². The van der Waals surface area contributed by atoms with Gasteiger partial charge in [-0.3, -0.25) is 0 Å². The van der Waals surface area contributed by atoms with Crippen LogP contribution in [-0.2, 0) is 4.74 Å². The van der Waals surface area contributed by atoms with Gasteiger partial charge in [-0.2, -0.15) is 0 Å². The van der Waals surface area contributed by atoms with Gasteiger partial charge in [-0.05, 0) is 6.92 Å². The van der Waals surface area contributed by atoms with E-state index in [1.54, 1.807) is 7.85 Å². The molecule has 0 aromatic rings. The van der Waals surface area contributed by atoms with Gasteiger partial charge in [0.15, 0.2) is 5.79 Å². The minimum Gasteiger partial charge on any atom is -0.388 e. The van der Waals surface area contributed by atoms with Crippen LogP contribution in [0.5, 0.6) is 0 Å². The molecule has 0 radical (unpaired) electrons. The molecule has 5 heteroatoms. The Balaban J connectivity index is 2.71. The van der Waals surface area contributed by atoms with Crippen LogP contribution in [0.3, 0.4) is 0 Å². The van der Waals surface area contributed by atoms with Gasteiger partial charge in [0.2, 0.25) is 0 Å². The zero-order valence-electron chi connectivity index (χ0n) is 5.98. The predicted molar refractivity (Wildman–Crippen MR) is 36.1 cm³/mol. The summed E-state index contributed by atoms with van der Waals surface area (Å²) in [6, 6.07) is -0.509. The summed E-state index contributed by atoms with van der Waals surface area (Å²) in [6.45, 7) is 1.32. The number of aliphatic hydroxyl groups excluding tert-OH is 2. The van der Waals surface area contributed by atoms with E-state index in [0.29, 0.717) is 0 Å². The first-order valence-electron chi connectivity index (χ1n) is 3.21. The Labute approximate surface area is 59.8 Å². The quantitative estimate of drug-likeness (QED) is 0.328. The zero-order chi connectivity index (χ0) is 7.94. The normalized spacial score (nSPS) is 55.4. The van der Waals surface area contributed by atoms with E-state index < -0.39 is 24.0 Å². The van der Waals surface area contributed by atoms with E-state index in [-0.39, 0.29) is 0 Å². The molecule has 0 amide bonds. The summed E-state index contributed by atoms with van der Waals surface area (Å²) < 4.78 is 4.83. The lowest BCUT2D eigenvalue weighted by Gasteiger charge is -2.19. The fourth-order valence-corrected chi connectivity index (χ4v) is 1.09. The van der Waals surface area contributed by atoms with E-state index in [9.17, 15) is 5.11 Å². The molecule has 58 valence electrons. The molecule has 4 atom stereocenters. The lowest BCUT2D eigenvalue weighted by molar-refractivity contribution is -0.205. The summed E-state index contributed by atoms with van der Waals surface area (Å²) >= 11 is 0. The second-order valence-electron chi connectivity index (χ2n) is 2.81. The number of hydrogen-bond acceptors (Lipinski definition) is 4. The van der Waals surface area contributed by atoms with Crippen molar-refractivity contribution in [2.45, 2.75) is 30.9 Å². The maximum atomic E-state index is 9.17. The van der Waals surface area contributed by atoms with E-state index in [1.807, 2.05) is 0 Å². The van der Waals surface area contributed by atoms with Crippen LogP contribution in [0, 0.1) is 0 Å². The van der Waals surface area contributed by atoms with E-state index in [2.05, 4.69) is 0 Å². The molecule has 1 rings (SSSR count). The monoisotopic (exact) mass is 146 g/mol. The molecule has 1 fully saturated rings. The minimum atomic E-state index is -1.60. The van der Waals surface area contributed by atoms with Crippen molar-refractivity contribution < 1.29 is 20.1 Å². The summed E-state index contributed by atoms with van der Waals surface area (Å²) in [5.41, 5.74) is 0. The third kappa shape index (κ3) is 1.05. The first-order chi connectivity index (χ1) is 4.45. The summed E-state index contributed by atoms with van der Waals surface area (Å²) in [5, 5.41) is 27.3. The number of hydrogen-bond donors (Lipinski definition) is 3. The minimum absolute atomic E-state index is 0.509. The molecule has 1 heterocycles. The first-order valence-corrected chi connectivity index (χ1v) is 3.21. The van der Waals surface area contributed by atoms with Gasteiger partial charge in [-0.15, -0.1) is 0 Å². The van der Waals surface area contributed by atoms with Crippen LogP contribution < -0.4 is 0 Å². The molecule has 1 saturated heterocycles. The maximum absolute atomic E-state index is 9.17. The molecule has 3 N–H and O–H groups in total. The van der Waals surface area contributed by atoms with E-state index >= 15 is 0 Å². The van der Waals surface area contributed by atoms with E-state index in [0.717, 1.165) is 0 Å². The van der Waals surface area contributed by atoms with Gasteiger partial charge in [-0.25, -0.2) is 0 Å². The molecule has 0 unspecified atom stereocenters. The van der Waals surface area contributed by atoms with E-state index in [4.69, 9.17) is 14.9 Å². The Morgan fingerprint density at radius 1 is 1.50 bits per heavy atom. The second-order valence-corrected chi connectivity index (χ2v) is 2.81. The summed E-state index contributed by atoms with van der Waals surface area (Å²) in [4.78, 5) is 0. The Morgan fingerprint density at radius 2 is 2.00 bits per heavy atom. The van der Waals surface area contributed by atoms with Crippen LogP contribution in [0.4, 0.5) is 0 Å². The highest BCUT2D eigenvalue weighted by atomic mass is 16.7. The maximum Gasteiger partial charge on any atom is 0.191 e. The van der Waals surface area contributed by atoms with Gasteiger partial charge in [0.1, 0.15) is 20.1 Å². The van der Waals surface area contributed by atoms with Crippen LogP contribution in [-0.4, -0.2) is 47.2 Å². The number of aliphatic hydroxyl groups is 3. The van der Waals surface area contributed by atoms with Crippen LogP contribution >= 0.6 is 0 Å². The van der Waals surface area contributed by atoms with Crippen molar-refractivity contribution in [3.05, 3.63) is 0 Å². The standard InChI is InChI=1S/C5H11BO4/c1-5(9)3(8)2(7)4(6)10-5/h2-4,7-9H,6H2,1H3/t2-,3+,4-,5+/m1/s1. The van der Waals surface area contributed by atoms with Gasteiger partial charge in [0.25, 0.3) is 0 Å². The number of ether oxygens (including phenoxy) is 1. The third-order valence-corrected chi connectivity index (χ3v) is 1.78. The molecule has 0 bridgehead atoms. The van der Waals surface area contributed by atoms with Crippen molar-refractivity contribution in [1.82, 2.24) is 0 Å². The molecule has 1 aliphatic heterocycles.